The third kappa shape index (κ3) is 5.85. The van der Waals surface area contributed by atoms with Gasteiger partial charge in [-0.2, -0.15) is 5.10 Å². The van der Waals surface area contributed by atoms with E-state index in [2.05, 4.69) is 31.2 Å². The average Bonchev–Trinajstić information content (AvgIpc) is 3.12. The molecule has 0 atom stereocenters. The van der Waals surface area contributed by atoms with Gasteiger partial charge in [0.1, 0.15) is 11.5 Å². The van der Waals surface area contributed by atoms with Crippen LogP contribution in [-0.2, 0) is 16.8 Å². The molecule has 0 unspecified atom stereocenters. The number of amides is 1. The Morgan fingerprint density at radius 1 is 1.10 bits per heavy atom. The van der Waals surface area contributed by atoms with Gasteiger partial charge in [-0.25, -0.2) is 0 Å². The summed E-state index contributed by atoms with van der Waals surface area (Å²) in [5.74, 6) is 1.24. The summed E-state index contributed by atoms with van der Waals surface area (Å²) in [4.78, 5) is 12.2. The molecule has 0 bridgehead atoms. The van der Waals surface area contributed by atoms with Crippen molar-refractivity contribution in [1.29, 1.82) is 0 Å². The highest BCUT2D eigenvalue weighted by Crippen LogP contribution is 2.24. The SMILES string of the molecule is COc1cccc(Cn2cc(NC(=O)COc3ccc(C(C)(C)C)cc3)cn2)c1. The van der Waals surface area contributed by atoms with Crippen LogP contribution in [0.15, 0.2) is 60.9 Å². The molecule has 0 aliphatic carbocycles. The smallest absolute Gasteiger partial charge is 0.262 e. The highest BCUT2D eigenvalue weighted by molar-refractivity contribution is 5.91. The predicted octanol–water partition coefficient (Wildman–Crippen LogP) is 4.26. The number of aromatic nitrogens is 2. The van der Waals surface area contributed by atoms with E-state index in [0.29, 0.717) is 18.0 Å². The molecule has 3 rings (SSSR count). The molecule has 0 aliphatic heterocycles. The van der Waals surface area contributed by atoms with E-state index in [-0.39, 0.29) is 17.9 Å². The zero-order valence-electron chi connectivity index (χ0n) is 17.3. The first-order chi connectivity index (χ1) is 13.8. The van der Waals surface area contributed by atoms with E-state index in [1.54, 1.807) is 24.2 Å². The molecule has 152 valence electrons. The van der Waals surface area contributed by atoms with Crippen molar-refractivity contribution in [2.45, 2.75) is 32.7 Å². The monoisotopic (exact) mass is 393 g/mol. The van der Waals surface area contributed by atoms with Gasteiger partial charge < -0.3 is 14.8 Å². The van der Waals surface area contributed by atoms with E-state index in [4.69, 9.17) is 9.47 Å². The third-order valence-electron chi connectivity index (χ3n) is 4.49. The number of hydrogen-bond donors (Lipinski definition) is 1. The number of ether oxygens (including phenoxy) is 2. The van der Waals surface area contributed by atoms with Crippen LogP contribution in [0.1, 0.15) is 31.9 Å². The van der Waals surface area contributed by atoms with Crippen LogP contribution in [0.2, 0.25) is 0 Å². The molecular formula is C23H27N3O3. The number of carbonyl (C=O) groups is 1. The molecule has 6 nitrogen and oxygen atoms in total. The maximum absolute atomic E-state index is 12.2. The van der Waals surface area contributed by atoms with Gasteiger partial charge in [0.15, 0.2) is 6.61 Å². The minimum Gasteiger partial charge on any atom is -0.497 e. The van der Waals surface area contributed by atoms with Gasteiger partial charge in [-0.3, -0.25) is 9.48 Å². The van der Waals surface area contributed by atoms with Crippen LogP contribution in [0.3, 0.4) is 0 Å². The molecule has 2 aromatic carbocycles. The lowest BCUT2D eigenvalue weighted by Gasteiger charge is -2.19. The molecule has 1 amide bonds. The normalized spacial score (nSPS) is 11.2. The van der Waals surface area contributed by atoms with Crippen molar-refractivity contribution >= 4 is 11.6 Å². The molecule has 6 heteroatoms. The number of hydrogen-bond acceptors (Lipinski definition) is 4. The lowest BCUT2D eigenvalue weighted by molar-refractivity contribution is -0.118. The van der Waals surface area contributed by atoms with E-state index < -0.39 is 0 Å². The van der Waals surface area contributed by atoms with Gasteiger partial charge in [0, 0.05) is 6.20 Å². The number of carbonyl (C=O) groups excluding carboxylic acids is 1. The summed E-state index contributed by atoms with van der Waals surface area (Å²) < 4.78 is 12.6. The van der Waals surface area contributed by atoms with E-state index >= 15 is 0 Å². The second-order valence-electron chi connectivity index (χ2n) is 7.89. The van der Waals surface area contributed by atoms with Crippen molar-refractivity contribution in [1.82, 2.24) is 9.78 Å². The largest absolute Gasteiger partial charge is 0.497 e. The zero-order chi connectivity index (χ0) is 20.9. The van der Waals surface area contributed by atoms with Crippen LogP contribution >= 0.6 is 0 Å². The average molecular weight is 393 g/mol. The number of methoxy groups -OCH3 is 1. The van der Waals surface area contributed by atoms with Crippen LogP contribution in [0.4, 0.5) is 5.69 Å². The van der Waals surface area contributed by atoms with Crippen molar-refractivity contribution in [3.05, 3.63) is 72.1 Å². The van der Waals surface area contributed by atoms with Crippen molar-refractivity contribution in [3.63, 3.8) is 0 Å². The second kappa shape index (κ2) is 8.82. The van der Waals surface area contributed by atoms with Gasteiger partial charge in [-0.15, -0.1) is 0 Å². The Hall–Kier alpha value is -3.28. The molecule has 1 N–H and O–H groups in total. The van der Waals surface area contributed by atoms with Gasteiger partial charge in [0.05, 0.1) is 25.5 Å². The number of benzene rings is 2. The summed E-state index contributed by atoms with van der Waals surface area (Å²) in [5.41, 5.74) is 3.00. The molecule has 1 aromatic heterocycles. The molecule has 0 fully saturated rings. The fourth-order valence-electron chi connectivity index (χ4n) is 2.87. The summed E-state index contributed by atoms with van der Waals surface area (Å²) in [7, 11) is 1.64. The molecule has 29 heavy (non-hydrogen) atoms. The van der Waals surface area contributed by atoms with Gasteiger partial charge in [0.25, 0.3) is 5.91 Å². The summed E-state index contributed by atoms with van der Waals surface area (Å²) in [6.07, 6.45) is 3.41. The van der Waals surface area contributed by atoms with E-state index in [0.717, 1.165) is 11.3 Å². The van der Waals surface area contributed by atoms with Crippen LogP contribution in [0.5, 0.6) is 11.5 Å². The van der Waals surface area contributed by atoms with E-state index in [1.807, 2.05) is 48.5 Å². The fourth-order valence-corrected chi connectivity index (χ4v) is 2.87. The number of anilines is 1. The molecule has 1 heterocycles. The van der Waals surface area contributed by atoms with Crippen LogP contribution in [0, 0.1) is 0 Å². The standard InChI is InChI=1S/C23H27N3O3/c1-23(2,3)18-8-10-20(11-9-18)29-16-22(27)25-19-13-24-26(15-19)14-17-6-5-7-21(12-17)28-4/h5-13,15H,14,16H2,1-4H3,(H,25,27). The number of rotatable bonds is 7. The Morgan fingerprint density at radius 2 is 1.86 bits per heavy atom. The van der Waals surface area contributed by atoms with E-state index in [1.165, 1.54) is 5.56 Å². The van der Waals surface area contributed by atoms with Crippen molar-refractivity contribution in [3.8, 4) is 11.5 Å². The summed E-state index contributed by atoms with van der Waals surface area (Å²) in [5, 5.41) is 7.10. The Bertz CT molecular complexity index is 956. The predicted molar refractivity (Wildman–Crippen MR) is 114 cm³/mol. The fraction of sp³-hybridized carbons (Fsp3) is 0.304. The third-order valence-corrected chi connectivity index (χ3v) is 4.49. The van der Waals surface area contributed by atoms with Crippen LogP contribution in [-0.4, -0.2) is 29.4 Å². The summed E-state index contributed by atoms with van der Waals surface area (Å²) in [6.45, 7) is 7.00. The molecule has 3 aromatic rings. The highest BCUT2D eigenvalue weighted by Gasteiger charge is 2.13. The molecule has 0 radical (unpaired) electrons. The number of nitrogens with zero attached hydrogens (tertiary/aromatic N) is 2. The topological polar surface area (TPSA) is 65.4 Å². The van der Waals surface area contributed by atoms with E-state index in [9.17, 15) is 4.79 Å². The molecular weight excluding hydrogens is 366 g/mol. The summed E-state index contributed by atoms with van der Waals surface area (Å²) in [6, 6.07) is 15.6. The van der Waals surface area contributed by atoms with Crippen molar-refractivity contribution in [2.24, 2.45) is 0 Å². The minimum atomic E-state index is -0.231. The van der Waals surface area contributed by atoms with Gasteiger partial charge >= 0.3 is 0 Å². The van der Waals surface area contributed by atoms with Crippen LogP contribution < -0.4 is 14.8 Å². The second-order valence-corrected chi connectivity index (χ2v) is 7.89. The molecule has 0 spiro atoms. The number of nitrogens with one attached hydrogen (secondary N) is 1. The van der Waals surface area contributed by atoms with Crippen molar-refractivity contribution < 1.29 is 14.3 Å². The van der Waals surface area contributed by atoms with Crippen molar-refractivity contribution in [2.75, 3.05) is 19.0 Å². The maximum atomic E-state index is 12.2. The lowest BCUT2D eigenvalue weighted by Crippen LogP contribution is -2.20. The van der Waals surface area contributed by atoms with Gasteiger partial charge in [-0.1, -0.05) is 45.0 Å². The maximum Gasteiger partial charge on any atom is 0.262 e. The summed E-state index contributed by atoms with van der Waals surface area (Å²) >= 11 is 0. The first kappa shape index (κ1) is 20.5. The van der Waals surface area contributed by atoms with Gasteiger partial charge in [-0.05, 0) is 40.8 Å². The first-order valence-electron chi connectivity index (χ1n) is 9.52. The Balaban J connectivity index is 1.51. The Labute approximate surface area is 171 Å². The minimum absolute atomic E-state index is 0.0596. The Morgan fingerprint density at radius 3 is 2.55 bits per heavy atom. The molecule has 0 aliphatic rings. The Kier molecular flexibility index (Phi) is 6.22. The van der Waals surface area contributed by atoms with Gasteiger partial charge in [0.2, 0.25) is 0 Å². The quantitative estimate of drug-likeness (QED) is 0.652. The van der Waals surface area contributed by atoms with Crippen LogP contribution in [0.25, 0.3) is 0 Å². The first-order valence-corrected chi connectivity index (χ1v) is 9.52. The highest BCUT2D eigenvalue weighted by atomic mass is 16.5. The molecule has 0 saturated heterocycles. The zero-order valence-corrected chi connectivity index (χ0v) is 17.3. The lowest BCUT2D eigenvalue weighted by atomic mass is 9.87. The molecule has 0 saturated carbocycles.